The Morgan fingerprint density at radius 1 is 1.36 bits per heavy atom. The summed E-state index contributed by atoms with van der Waals surface area (Å²) < 4.78 is 7.27. The predicted octanol–water partition coefficient (Wildman–Crippen LogP) is 3.17. The van der Waals surface area contributed by atoms with E-state index >= 15 is 0 Å². The Bertz CT molecular complexity index is 1010. The van der Waals surface area contributed by atoms with Crippen molar-refractivity contribution in [2.75, 3.05) is 6.54 Å². The highest BCUT2D eigenvalue weighted by atomic mass is 35.5. The van der Waals surface area contributed by atoms with Gasteiger partial charge in [-0.3, -0.25) is 9.36 Å². The van der Waals surface area contributed by atoms with Crippen molar-refractivity contribution in [1.82, 2.24) is 24.6 Å². The quantitative estimate of drug-likeness (QED) is 0.670. The fourth-order valence-electron chi connectivity index (χ4n) is 3.79. The van der Waals surface area contributed by atoms with Gasteiger partial charge in [0.05, 0.1) is 28.0 Å². The molecule has 2 aliphatic heterocycles. The number of fused-ring (bicyclic) bond motifs is 5. The lowest BCUT2D eigenvalue weighted by atomic mass is 10.1. The third-order valence-electron chi connectivity index (χ3n) is 4.83. The average molecular weight is 356 g/mol. The second-order valence-corrected chi connectivity index (χ2v) is 6.69. The summed E-state index contributed by atoms with van der Waals surface area (Å²) in [6.45, 7) is 2.46. The summed E-state index contributed by atoms with van der Waals surface area (Å²) in [7, 11) is 0. The van der Waals surface area contributed by atoms with Gasteiger partial charge in [-0.1, -0.05) is 22.8 Å². The van der Waals surface area contributed by atoms with Crippen LogP contribution in [0.2, 0.25) is 5.02 Å². The van der Waals surface area contributed by atoms with Gasteiger partial charge in [-0.2, -0.15) is 4.98 Å². The number of halogens is 1. The molecular formula is C17H14ClN5O2. The second kappa shape index (κ2) is 5.16. The fraction of sp³-hybridized carbons (Fsp3) is 0.294. The summed E-state index contributed by atoms with van der Waals surface area (Å²) in [5, 5.41) is 4.32. The van der Waals surface area contributed by atoms with Crippen molar-refractivity contribution in [3.05, 3.63) is 46.6 Å². The number of nitrogens with zero attached hydrogens (tertiary/aromatic N) is 5. The zero-order valence-electron chi connectivity index (χ0n) is 13.4. The zero-order valence-corrected chi connectivity index (χ0v) is 14.2. The first-order valence-corrected chi connectivity index (χ1v) is 8.50. The Morgan fingerprint density at radius 2 is 2.24 bits per heavy atom. The Hall–Kier alpha value is -2.67. The molecular weight excluding hydrogens is 342 g/mol. The number of carbonyl (C=O) groups is 1. The van der Waals surface area contributed by atoms with E-state index in [9.17, 15) is 4.79 Å². The van der Waals surface area contributed by atoms with E-state index in [1.54, 1.807) is 19.3 Å². The van der Waals surface area contributed by atoms with Gasteiger partial charge in [0.2, 0.25) is 0 Å². The maximum Gasteiger partial charge on any atom is 0.278 e. The van der Waals surface area contributed by atoms with Crippen LogP contribution in [-0.2, 0) is 0 Å². The monoisotopic (exact) mass is 355 g/mol. The number of hydrogen-bond donors (Lipinski definition) is 0. The molecule has 1 aromatic carbocycles. The van der Waals surface area contributed by atoms with Crippen LogP contribution in [0.25, 0.3) is 17.3 Å². The summed E-state index contributed by atoms with van der Waals surface area (Å²) in [5.74, 6) is 0.878. The van der Waals surface area contributed by atoms with Crippen LogP contribution in [0.4, 0.5) is 0 Å². The minimum absolute atomic E-state index is 0.0422. The van der Waals surface area contributed by atoms with E-state index in [4.69, 9.17) is 16.1 Å². The lowest BCUT2D eigenvalue weighted by Gasteiger charge is -2.22. The van der Waals surface area contributed by atoms with Crippen LogP contribution in [0.3, 0.4) is 0 Å². The summed E-state index contributed by atoms with van der Waals surface area (Å²) in [4.78, 5) is 23.8. The van der Waals surface area contributed by atoms with Crippen molar-refractivity contribution in [2.45, 2.75) is 25.8 Å². The first-order chi connectivity index (χ1) is 12.1. The molecule has 0 radical (unpaired) electrons. The lowest BCUT2D eigenvalue weighted by Crippen LogP contribution is -2.29. The summed E-state index contributed by atoms with van der Waals surface area (Å²) in [5.41, 5.74) is 2.77. The molecule has 0 aliphatic carbocycles. The number of benzene rings is 1. The van der Waals surface area contributed by atoms with Crippen LogP contribution >= 0.6 is 11.6 Å². The van der Waals surface area contributed by atoms with Gasteiger partial charge in [-0.15, -0.1) is 0 Å². The molecule has 1 atom stereocenters. The summed E-state index contributed by atoms with van der Waals surface area (Å²) in [6.07, 6.45) is 3.50. The molecule has 0 bridgehead atoms. The van der Waals surface area contributed by atoms with Crippen molar-refractivity contribution in [3.8, 4) is 17.3 Å². The van der Waals surface area contributed by atoms with Crippen LogP contribution in [0.5, 0.6) is 0 Å². The van der Waals surface area contributed by atoms with E-state index in [-0.39, 0.29) is 11.9 Å². The van der Waals surface area contributed by atoms with Crippen LogP contribution in [0.1, 0.15) is 40.8 Å². The Labute approximate surface area is 148 Å². The number of amides is 1. The predicted molar refractivity (Wildman–Crippen MR) is 89.6 cm³/mol. The lowest BCUT2D eigenvalue weighted by molar-refractivity contribution is 0.0739. The molecule has 0 unspecified atom stereocenters. The molecule has 5 rings (SSSR count). The molecule has 1 saturated heterocycles. The van der Waals surface area contributed by atoms with Gasteiger partial charge in [0, 0.05) is 6.54 Å². The van der Waals surface area contributed by atoms with E-state index in [0.29, 0.717) is 34.5 Å². The van der Waals surface area contributed by atoms with E-state index in [1.807, 2.05) is 21.6 Å². The van der Waals surface area contributed by atoms with E-state index in [1.165, 1.54) is 0 Å². The Morgan fingerprint density at radius 3 is 3.04 bits per heavy atom. The largest absolute Gasteiger partial charge is 0.332 e. The molecule has 3 aromatic rings. The second-order valence-electron chi connectivity index (χ2n) is 6.29. The number of carbonyl (C=O) groups excluding carboxylic acids is 1. The highest BCUT2D eigenvalue weighted by molar-refractivity contribution is 6.34. The Kier molecular flexibility index (Phi) is 3.03. The SMILES string of the molecule is Cc1noc(-c2ncn3c2[C@@H]2CCCN2C(=O)c2c(Cl)cccc2-3)n1. The molecule has 7 nitrogen and oxygen atoms in total. The maximum atomic E-state index is 13.1. The molecule has 126 valence electrons. The summed E-state index contributed by atoms with van der Waals surface area (Å²) in [6, 6.07) is 5.38. The standard InChI is InChI=1S/C17H14ClN5O2/c1-9-20-16(25-21-9)14-15-12-6-3-7-22(12)17(24)13-10(18)4-2-5-11(13)23(15)8-19-14/h2,4-5,8,12H,3,6-7H2,1H3/t12-/m0/s1. The fourth-order valence-corrected chi connectivity index (χ4v) is 4.04. The van der Waals surface area contributed by atoms with Gasteiger partial charge in [0.25, 0.3) is 11.8 Å². The summed E-state index contributed by atoms with van der Waals surface area (Å²) >= 11 is 6.37. The smallest absolute Gasteiger partial charge is 0.278 e. The normalized spacial score (nSPS) is 18.7. The van der Waals surface area contributed by atoms with Gasteiger partial charge in [-0.05, 0) is 31.9 Å². The molecule has 0 N–H and O–H groups in total. The Balaban J connectivity index is 1.82. The van der Waals surface area contributed by atoms with Gasteiger partial charge >= 0.3 is 0 Å². The highest BCUT2D eigenvalue weighted by Gasteiger charge is 2.40. The van der Waals surface area contributed by atoms with Crippen molar-refractivity contribution >= 4 is 17.5 Å². The maximum absolute atomic E-state index is 13.1. The molecule has 0 saturated carbocycles. The van der Waals surface area contributed by atoms with Gasteiger partial charge in [0.1, 0.15) is 6.33 Å². The molecule has 0 spiro atoms. The van der Waals surface area contributed by atoms with Crippen molar-refractivity contribution in [2.24, 2.45) is 0 Å². The van der Waals surface area contributed by atoms with Gasteiger partial charge < -0.3 is 9.42 Å². The van der Waals surface area contributed by atoms with Crippen molar-refractivity contribution < 1.29 is 9.32 Å². The van der Waals surface area contributed by atoms with E-state index in [0.717, 1.165) is 24.2 Å². The van der Waals surface area contributed by atoms with Gasteiger partial charge in [-0.25, -0.2) is 4.98 Å². The third-order valence-corrected chi connectivity index (χ3v) is 5.14. The minimum Gasteiger partial charge on any atom is -0.332 e. The topological polar surface area (TPSA) is 77.0 Å². The molecule has 25 heavy (non-hydrogen) atoms. The third kappa shape index (κ3) is 1.99. The number of rotatable bonds is 1. The number of hydrogen-bond acceptors (Lipinski definition) is 5. The van der Waals surface area contributed by atoms with Crippen molar-refractivity contribution in [1.29, 1.82) is 0 Å². The van der Waals surface area contributed by atoms with Crippen LogP contribution in [0, 0.1) is 6.92 Å². The van der Waals surface area contributed by atoms with Crippen LogP contribution in [-0.4, -0.2) is 37.0 Å². The molecule has 2 aromatic heterocycles. The number of aromatic nitrogens is 4. The minimum atomic E-state index is -0.0827. The van der Waals surface area contributed by atoms with E-state index < -0.39 is 0 Å². The number of aryl methyl sites for hydroxylation is 1. The van der Waals surface area contributed by atoms with Gasteiger partial charge in [0.15, 0.2) is 11.5 Å². The van der Waals surface area contributed by atoms with Crippen LogP contribution in [0.15, 0.2) is 29.0 Å². The van der Waals surface area contributed by atoms with E-state index in [2.05, 4.69) is 15.1 Å². The first kappa shape index (κ1) is 14.7. The van der Waals surface area contributed by atoms with Crippen molar-refractivity contribution in [3.63, 3.8) is 0 Å². The molecule has 2 aliphatic rings. The highest BCUT2D eigenvalue weighted by Crippen LogP contribution is 2.43. The molecule has 1 amide bonds. The zero-order chi connectivity index (χ0) is 17.1. The average Bonchev–Trinajstić information content (AvgIpc) is 3.30. The number of imidazole rings is 1. The molecule has 1 fully saturated rings. The molecule has 4 heterocycles. The first-order valence-electron chi connectivity index (χ1n) is 8.13. The van der Waals surface area contributed by atoms with Crippen LogP contribution < -0.4 is 0 Å². The molecule has 8 heteroatoms.